The first kappa shape index (κ1) is 33.3. The van der Waals surface area contributed by atoms with Crippen LogP contribution >= 0.6 is 0 Å². The van der Waals surface area contributed by atoms with Gasteiger partial charge in [0, 0.05) is 35.7 Å². The Labute approximate surface area is 278 Å². The number of dihydropyridines is 1. The first-order valence-corrected chi connectivity index (χ1v) is 16.4. The lowest BCUT2D eigenvalue weighted by Crippen LogP contribution is -2.57. The molecule has 0 spiro atoms. The molecule has 2 aromatic carbocycles. The number of aromatic hydroxyl groups is 2. The molecule has 0 bridgehead atoms. The predicted molar refractivity (Wildman–Crippen MR) is 179 cm³/mol. The zero-order chi connectivity index (χ0) is 34.2. The number of nitrogens with two attached hydrogens (primary N) is 1. The van der Waals surface area contributed by atoms with Crippen LogP contribution in [0.3, 0.4) is 0 Å². The number of ether oxygens (including phenoxy) is 2. The molecule has 3 heterocycles. The molecule has 3 aromatic rings. The van der Waals surface area contributed by atoms with E-state index in [2.05, 4.69) is 5.32 Å². The Morgan fingerprint density at radius 2 is 1.98 bits per heavy atom. The number of aliphatic hydroxyl groups excluding tert-OH is 2. The van der Waals surface area contributed by atoms with Crippen LogP contribution in [0.5, 0.6) is 17.2 Å². The molecule has 48 heavy (non-hydrogen) atoms. The number of hydrogen-bond donors (Lipinski definition) is 6. The summed E-state index contributed by atoms with van der Waals surface area (Å²) in [7, 11) is 0. The molecule has 4 unspecified atom stereocenters. The van der Waals surface area contributed by atoms with Crippen LogP contribution in [0.15, 0.2) is 75.1 Å². The number of hydrogen-bond acceptors (Lipinski definition) is 11. The summed E-state index contributed by atoms with van der Waals surface area (Å²) in [6.45, 7) is 2.66. The van der Waals surface area contributed by atoms with Crippen molar-refractivity contribution in [3.8, 4) is 28.4 Å². The molecule has 254 valence electrons. The number of nitrogens with one attached hydrogen (secondary N) is 1. The number of rotatable bonds is 9. The topological polar surface area (TPSA) is 185 Å². The van der Waals surface area contributed by atoms with E-state index in [1.54, 1.807) is 37.4 Å². The van der Waals surface area contributed by atoms with Crippen molar-refractivity contribution in [2.24, 2.45) is 17.6 Å². The first-order valence-electron chi connectivity index (χ1n) is 16.4. The van der Waals surface area contributed by atoms with Crippen LogP contribution in [0.1, 0.15) is 57.3 Å². The zero-order valence-corrected chi connectivity index (χ0v) is 27.1. The van der Waals surface area contributed by atoms with Crippen LogP contribution < -0.4 is 21.2 Å². The van der Waals surface area contributed by atoms with Gasteiger partial charge in [0.25, 0.3) is 0 Å². The van der Waals surface area contributed by atoms with Gasteiger partial charge in [-0.15, -0.1) is 0 Å². The fourth-order valence-corrected chi connectivity index (χ4v) is 7.29. The predicted octanol–water partition coefficient (Wildman–Crippen LogP) is 4.43. The third kappa shape index (κ3) is 6.09. The van der Waals surface area contributed by atoms with Gasteiger partial charge in [-0.25, -0.2) is 4.79 Å². The average Bonchev–Trinajstić information content (AvgIpc) is 3.60. The quantitative estimate of drug-likeness (QED) is 0.141. The summed E-state index contributed by atoms with van der Waals surface area (Å²) in [5.74, 6) is -1.40. The van der Waals surface area contributed by atoms with Crippen molar-refractivity contribution in [3.63, 3.8) is 0 Å². The smallest absolute Gasteiger partial charge is 0.334 e. The van der Waals surface area contributed by atoms with Gasteiger partial charge in [0.1, 0.15) is 46.7 Å². The average molecular weight is 659 g/mol. The minimum atomic E-state index is -1.37. The highest BCUT2D eigenvalue weighted by molar-refractivity contribution is 6.01. The molecule has 0 saturated heterocycles. The third-order valence-electron chi connectivity index (χ3n) is 9.97. The Morgan fingerprint density at radius 3 is 2.62 bits per heavy atom. The minimum Gasteiger partial charge on any atom is -0.508 e. The van der Waals surface area contributed by atoms with E-state index in [9.17, 15) is 30.0 Å². The highest BCUT2D eigenvalue weighted by Gasteiger charge is 2.51. The second-order valence-corrected chi connectivity index (χ2v) is 13.0. The van der Waals surface area contributed by atoms with Gasteiger partial charge in [0.2, 0.25) is 0 Å². The second kappa shape index (κ2) is 13.5. The number of esters is 1. The number of aliphatic hydroxyl groups is 2. The van der Waals surface area contributed by atoms with Crippen LogP contribution in [0.2, 0.25) is 0 Å². The van der Waals surface area contributed by atoms with E-state index in [0.717, 1.165) is 37.3 Å². The molecule has 0 amide bonds. The SMILES string of the molecule is CC=C(C(=O)OC1Cc2c(c(-c3cccc(O)c3)c3oc(CO)cc(=O)c3c2O)OC1(C)C(CO)CC1=CNC(N)C=C1)C1CCCC1. The lowest BCUT2D eigenvalue weighted by Gasteiger charge is -2.47. The monoisotopic (exact) mass is 658 g/mol. The van der Waals surface area contributed by atoms with Crippen LogP contribution in [-0.4, -0.2) is 50.9 Å². The van der Waals surface area contributed by atoms with Crippen molar-refractivity contribution in [2.75, 3.05) is 6.61 Å². The normalized spacial score (nSPS) is 23.3. The summed E-state index contributed by atoms with van der Waals surface area (Å²) in [4.78, 5) is 27.3. The zero-order valence-electron chi connectivity index (χ0n) is 27.1. The Hall–Kier alpha value is -4.58. The van der Waals surface area contributed by atoms with Gasteiger partial charge in [0.05, 0.1) is 18.3 Å². The van der Waals surface area contributed by atoms with E-state index in [4.69, 9.17) is 19.6 Å². The molecule has 1 aromatic heterocycles. The molecule has 4 atom stereocenters. The van der Waals surface area contributed by atoms with Crippen molar-refractivity contribution >= 4 is 16.9 Å². The van der Waals surface area contributed by atoms with Crippen LogP contribution in [0.4, 0.5) is 0 Å². The van der Waals surface area contributed by atoms with Gasteiger partial charge in [-0.2, -0.15) is 0 Å². The van der Waals surface area contributed by atoms with Gasteiger partial charge in [-0.05, 0) is 68.4 Å². The molecule has 6 rings (SSSR count). The van der Waals surface area contributed by atoms with Crippen LogP contribution in [0, 0.1) is 11.8 Å². The van der Waals surface area contributed by atoms with E-state index in [-0.39, 0.29) is 64.5 Å². The second-order valence-electron chi connectivity index (χ2n) is 13.0. The van der Waals surface area contributed by atoms with Crippen molar-refractivity contribution in [1.29, 1.82) is 0 Å². The van der Waals surface area contributed by atoms with Gasteiger partial charge >= 0.3 is 5.97 Å². The maximum Gasteiger partial charge on any atom is 0.334 e. The Balaban J connectivity index is 1.55. The van der Waals surface area contributed by atoms with Gasteiger partial charge in [-0.3, -0.25) is 4.79 Å². The number of phenolic OH excluding ortho intramolecular Hbond substituents is 2. The summed E-state index contributed by atoms with van der Waals surface area (Å²) < 4.78 is 19.2. The number of benzene rings is 2. The molecule has 11 nitrogen and oxygen atoms in total. The molecule has 7 N–H and O–H groups in total. The third-order valence-corrected chi connectivity index (χ3v) is 9.97. The Bertz CT molecular complexity index is 1870. The number of fused-ring (bicyclic) bond motifs is 2. The number of phenols is 2. The molecular formula is C37H42N2O9. The lowest BCUT2D eigenvalue weighted by molar-refractivity contribution is -0.167. The van der Waals surface area contributed by atoms with E-state index in [1.165, 1.54) is 12.1 Å². The number of allylic oxidation sites excluding steroid dienone is 3. The first-order chi connectivity index (χ1) is 23.1. The van der Waals surface area contributed by atoms with Crippen molar-refractivity contribution < 1.29 is 39.1 Å². The molecule has 1 fully saturated rings. The van der Waals surface area contributed by atoms with Crippen molar-refractivity contribution in [2.45, 2.75) is 76.9 Å². The van der Waals surface area contributed by atoms with Crippen molar-refractivity contribution in [3.05, 3.63) is 87.5 Å². The van der Waals surface area contributed by atoms with E-state index in [1.807, 2.05) is 13.0 Å². The number of carbonyl (C=O) groups excluding carboxylic acids is 1. The summed E-state index contributed by atoms with van der Waals surface area (Å²) in [5, 5.41) is 45.9. The van der Waals surface area contributed by atoms with Gasteiger partial charge in [-0.1, -0.05) is 37.1 Å². The summed E-state index contributed by atoms with van der Waals surface area (Å²) in [6.07, 6.45) is 9.96. The van der Waals surface area contributed by atoms with Crippen LogP contribution in [0.25, 0.3) is 22.1 Å². The van der Waals surface area contributed by atoms with E-state index < -0.39 is 41.4 Å². The standard InChI is InChI=1S/C37H42N2O9/c1-3-26(21-7-4-5-8-21)36(45)47-29-16-27-33(44)32-28(43)15-25(19-41)46-35(32)31(22-9-6-10-24(42)14-22)34(27)48-37(29,2)23(18-40)13-20-11-12-30(38)39-17-20/h3,6,9-12,14-15,17,21,23,29-30,39-42,44H,4-5,7-8,13,16,18-19,38H2,1-2H3. The van der Waals surface area contributed by atoms with Gasteiger partial charge in [0.15, 0.2) is 11.0 Å². The van der Waals surface area contributed by atoms with E-state index in [0.29, 0.717) is 17.6 Å². The van der Waals surface area contributed by atoms with Gasteiger partial charge < -0.3 is 45.4 Å². The largest absolute Gasteiger partial charge is 0.508 e. The molecular weight excluding hydrogens is 616 g/mol. The molecule has 3 aliphatic rings. The summed E-state index contributed by atoms with van der Waals surface area (Å²) in [6, 6.07) is 7.39. The summed E-state index contributed by atoms with van der Waals surface area (Å²) >= 11 is 0. The maximum atomic E-state index is 13.9. The fourth-order valence-electron chi connectivity index (χ4n) is 7.29. The van der Waals surface area contributed by atoms with Crippen LogP contribution in [-0.2, 0) is 22.6 Å². The fraction of sp³-hybridized carbons (Fsp3) is 0.405. The molecule has 1 aliphatic carbocycles. The molecule has 1 saturated carbocycles. The lowest BCUT2D eigenvalue weighted by atomic mass is 9.75. The van der Waals surface area contributed by atoms with E-state index >= 15 is 0 Å². The molecule has 2 aliphatic heterocycles. The Kier molecular flexibility index (Phi) is 9.37. The highest BCUT2D eigenvalue weighted by atomic mass is 16.6. The number of carbonyl (C=O) groups is 1. The molecule has 0 radical (unpaired) electrons. The molecule has 11 heteroatoms. The maximum absolute atomic E-state index is 13.9. The van der Waals surface area contributed by atoms with Crippen molar-refractivity contribution in [1.82, 2.24) is 5.32 Å². The Morgan fingerprint density at radius 1 is 1.21 bits per heavy atom. The summed E-state index contributed by atoms with van der Waals surface area (Å²) in [5.41, 5.74) is 6.27. The highest BCUT2D eigenvalue weighted by Crippen LogP contribution is 2.52. The minimum absolute atomic E-state index is 0.0283.